The molecular formula is C21H20N6O4. The van der Waals surface area contributed by atoms with Gasteiger partial charge in [-0.2, -0.15) is 5.26 Å². The molecular weight excluding hydrogens is 400 g/mol. The molecule has 2 aromatic rings. The molecule has 31 heavy (non-hydrogen) atoms. The van der Waals surface area contributed by atoms with Crippen LogP contribution in [0.15, 0.2) is 36.7 Å². The molecule has 4 fully saturated rings. The van der Waals surface area contributed by atoms with E-state index in [1.54, 1.807) is 35.2 Å². The molecule has 3 atom stereocenters. The summed E-state index contributed by atoms with van der Waals surface area (Å²) in [4.78, 5) is 36.7. The lowest BCUT2D eigenvalue weighted by molar-refractivity contribution is -0.171. The molecule has 4 aliphatic rings. The Balaban J connectivity index is 1.26. The lowest BCUT2D eigenvalue weighted by Gasteiger charge is -2.46. The quantitative estimate of drug-likeness (QED) is 0.695. The summed E-state index contributed by atoms with van der Waals surface area (Å²) in [5.41, 5.74) is -0.958. The predicted octanol–water partition coefficient (Wildman–Crippen LogP) is 0.825. The Morgan fingerprint density at radius 1 is 1.26 bits per heavy atom. The van der Waals surface area contributed by atoms with Crippen molar-refractivity contribution >= 4 is 29.1 Å². The summed E-state index contributed by atoms with van der Waals surface area (Å²) >= 11 is 0. The number of hydrogen-bond acceptors (Lipinski definition) is 8. The fourth-order valence-corrected chi connectivity index (χ4v) is 4.14. The van der Waals surface area contributed by atoms with E-state index in [-0.39, 0.29) is 31.1 Å². The van der Waals surface area contributed by atoms with E-state index in [0.29, 0.717) is 36.0 Å². The zero-order valence-corrected chi connectivity index (χ0v) is 16.6. The molecule has 6 heterocycles. The van der Waals surface area contributed by atoms with Gasteiger partial charge in [-0.15, -0.1) is 0 Å². The molecule has 10 nitrogen and oxygen atoms in total. The molecule has 2 amide bonds. The molecule has 10 heteroatoms. The monoisotopic (exact) mass is 420 g/mol. The fourth-order valence-electron chi connectivity index (χ4n) is 4.14. The van der Waals surface area contributed by atoms with Gasteiger partial charge in [-0.3, -0.25) is 9.59 Å². The summed E-state index contributed by atoms with van der Waals surface area (Å²) in [5, 5.41) is 22.2. The number of hydrogen-bond donors (Lipinski definition) is 2. The Kier molecular flexibility index (Phi) is 4.57. The van der Waals surface area contributed by atoms with Crippen LogP contribution in [0.5, 0.6) is 0 Å². The fraction of sp³-hybridized carbons (Fsp3) is 0.381. The van der Waals surface area contributed by atoms with Gasteiger partial charge in [0, 0.05) is 56.6 Å². The first-order valence-electron chi connectivity index (χ1n) is 10.0. The van der Waals surface area contributed by atoms with Crippen LogP contribution in [0.2, 0.25) is 0 Å². The average Bonchev–Trinajstić information content (AvgIpc) is 3.09. The maximum absolute atomic E-state index is 12.7. The molecule has 2 unspecified atom stereocenters. The van der Waals surface area contributed by atoms with Gasteiger partial charge < -0.3 is 25.0 Å². The number of ether oxygens (including phenoxy) is 1. The summed E-state index contributed by atoms with van der Waals surface area (Å²) in [6.45, 7) is 1.47. The van der Waals surface area contributed by atoms with E-state index in [1.165, 1.54) is 17.3 Å². The van der Waals surface area contributed by atoms with E-state index < -0.39 is 11.5 Å². The van der Waals surface area contributed by atoms with Gasteiger partial charge >= 0.3 is 0 Å². The van der Waals surface area contributed by atoms with Gasteiger partial charge in [0.15, 0.2) is 0 Å². The second kappa shape index (κ2) is 7.30. The number of rotatable bonds is 4. The maximum Gasteiger partial charge on any atom is 0.273 e. The van der Waals surface area contributed by atoms with Crippen LogP contribution in [-0.4, -0.2) is 69.2 Å². The molecule has 6 rings (SSSR count). The van der Waals surface area contributed by atoms with Gasteiger partial charge in [0.2, 0.25) is 5.60 Å². The first kappa shape index (κ1) is 19.4. The number of morpholine rings is 1. The zero-order valence-electron chi connectivity index (χ0n) is 16.6. The summed E-state index contributed by atoms with van der Waals surface area (Å²) in [5.74, 6) is 0.230. The summed E-state index contributed by atoms with van der Waals surface area (Å²) in [6.07, 6.45) is 4.43. The van der Waals surface area contributed by atoms with Crippen LogP contribution in [0, 0.1) is 11.3 Å². The van der Waals surface area contributed by atoms with Gasteiger partial charge in [0.1, 0.15) is 17.7 Å². The first-order valence-corrected chi connectivity index (χ1v) is 10.0. The normalized spacial score (nSPS) is 26.9. The van der Waals surface area contributed by atoms with Crippen LogP contribution >= 0.6 is 0 Å². The van der Waals surface area contributed by atoms with Crippen LogP contribution in [-0.2, 0) is 9.53 Å². The van der Waals surface area contributed by atoms with Crippen molar-refractivity contribution in [2.75, 3.05) is 29.9 Å². The number of aliphatic hydroxyl groups is 1. The van der Waals surface area contributed by atoms with E-state index in [9.17, 15) is 14.7 Å². The molecule has 0 saturated carbocycles. The van der Waals surface area contributed by atoms with Crippen molar-refractivity contribution in [2.24, 2.45) is 0 Å². The van der Waals surface area contributed by atoms with Crippen molar-refractivity contribution in [3.8, 4) is 6.07 Å². The molecule has 0 aliphatic carbocycles. The number of carbonyl (C=O) groups is 2. The average molecular weight is 420 g/mol. The maximum atomic E-state index is 12.7. The highest BCUT2D eigenvalue weighted by molar-refractivity contribution is 6.03. The minimum Gasteiger partial charge on any atom is -0.371 e. The number of fused-ring (bicyclic) bond motifs is 2. The number of nitrogens with one attached hydrogen (secondary N) is 1. The van der Waals surface area contributed by atoms with Gasteiger partial charge in [-0.05, 0) is 18.2 Å². The van der Waals surface area contributed by atoms with E-state index in [1.807, 2.05) is 0 Å². The largest absolute Gasteiger partial charge is 0.371 e. The molecule has 4 aliphatic heterocycles. The van der Waals surface area contributed by atoms with E-state index in [2.05, 4.69) is 15.3 Å². The highest BCUT2D eigenvalue weighted by Crippen LogP contribution is 2.30. The van der Waals surface area contributed by atoms with E-state index in [4.69, 9.17) is 10.00 Å². The Morgan fingerprint density at radius 3 is 2.68 bits per heavy atom. The van der Waals surface area contributed by atoms with Gasteiger partial charge in [-0.25, -0.2) is 9.97 Å². The number of amides is 2. The molecule has 2 bridgehead atoms. The molecule has 0 spiro atoms. The third-order valence-electron chi connectivity index (χ3n) is 5.85. The number of aromatic nitrogens is 2. The van der Waals surface area contributed by atoms with Crippen LogP contribution in [0.3, 0.4) is 0 Å². The highest BCUT2D eigenvalue weighted by atomic mass is 16.5. The molecule has 2 aromatic heterocycles. The molecule has 0 aromatic carbocycles. The zero-order chi connectivity index (χ0) is 21.6. The summed E-state index contributed by atoms with van der Waals surface area (Å²) < 4.78 is 5.57. The lowest BCUT2D eigenvalue weighted by atomic mass is 9.98. The van der Waals surface area contributed by atoms with Crippen LogP contribution in [0.4, 0.5) is 17.3 Å². The van der Waals surface area contributed by atoms with Crippen LogP contribution < -0.4 is 10.2 Å². The van der Waals surface area contributed by atoms with Crippen molar-refractivity contribution < 1.29 is 19.4 Å². The molecule has 158 valence electrons. The molecule has 4 saturated heterocycles. The third-order valence-corrected chi connectivity index (χ3v) is 5.85. The van der Waals surface area contributed by atoms with Gasteiger partial charge in [-0.1, -0.05) is 0 Å². The summed E-state index contributed by atoms with van der Waals surface area (Å²) in [6, 6.07) is 8.35. The van der Waals surface area contributed by atoms with Crippen molar-refractivity contribution in [1.82, 2.24) is 14.9 Å². The Labute approximate surface area is 178 Å². The molecule has 2 N–H and O–H groups in total. The second-order valence-electron chi connectivity index (χ2n) is 7.96. The van der Waals surface area contributed by atoms with E-state index >= 15 is 0 Å². The third kappa shape index (κ3) is 3.48. The Hall–Kier alpha value is -3.55. The number of nitrogens with zero attached hydrogens (tertiary/aromatic N) is 5. The van der Waals surface area contributed by atoms with Gasteiger partial charge in [0.05, 0.1) is 17.8 Å². The van der Waals surface area contributed by atoms with Crippen molar-refractivity contribution in [3.05, 3.63) is 42.2 Å². The Bertz CT molecular complexity index is 1070. The van der Waals surface area contributed by atoms with Gasteiger partial charge in [0.25, 0.3) is 11.8 Å². The summed E-state index contributed by atoms with van der Waals surface area (Å²) in [7, 11) is 0. The van der Waals surface area contributed by atoms with Crippen molar-refractivity contribution in [2.45, 2.75) is 30.7 Å². The smallest absolute Gasteiger partial charge is 0.273 e. The standard InChI is InChI=1S/C21H20N6O4/c22-12-21(30)4-6-27(20(21)29)14-3-5-23-18(7-14)25-17-2-1-13(9-24-17)19(28)26-10-15-8-16(11-26)31-15/h1-3,5,7,9,15-16,30H,4,6,8,10-11H2,(H,23,24,25)/t15?,16?,21-/m0/s1. The molecule has 0 radical (unpaired) electrons. The van der Waals surface area contributed by atoms with E-state index in [0.717, 1.165) is 6.42 Å². The van der Waals surface area contributed by atoms with Crippen molar-refractivity contribution in [3.63, 3.8) is 0 Å². The van der Waals surface area contributed by atoms with Crippen molar-refractivity contribution in [1.29, 1.82) is 5.26 Å². The minimum absolute atomic E-state index is 0.0507. The Morgan fingerprint density at radius 2 is 2.03 bits per heavy atom. The first-order chi connectivity index (χ1) is 14.9. The topological polar surface area (TPSA) is 132 Å². The SMILES string of the molecule is N#C[C@@]1(O)CCN(c2ccnc(Nc3ccc(C(=O)N4CC5CC(C4)O5)cn3)c2)C1=O. The lowest BCUT2D eigenvalue weighted by Crippen LogP contribution is -2.58. The number of carbonyl (C=O) groups excluding carboxylic acids is 2. The number of anilines is 3. The number of nitriles is 1. The van der Waals surface area contributed by atoms with Crippen LogP contribution in [0.1, 0.15) is 23.2 Å². The minimum atomic E-state index is -1.98. The number of piperidine rings is 1. The van der Waals surface area contributed by atoms with Crippen LogP contribution in [0.25, 0.3) is 0 Å². The number of pyridine rings is 2. The predicted molar refractivity (Wildman–Crippen MR) is 108 cm³/mol. The second-order valence-corrected chi connectivity index (χ2v) is 7.96. The highest BCUT2D eigenvalue weighted by Gasteiger charge is 2.46.